The third kappa shape index (κ3) is 7.29. The fourth-order valence-electron chi connectivity index (χ4n) is 3.06. The number of carbonyl (C=O) groups is 3. The Hall–Kier alpha value is -3.97. The summed E-state index contributed by atoms with van der Waals surface area (Å²) in [5, 5.41) is 2.68. The molecule has 0 spiro atoms. The van der Waals surface area contributed by atoms with Gasteiger partial charge < -0.3 is 20.5 Å². The topological polar surface area (TPSA) is 108 Å². The van der Waals surface area contributed by atoms with Gasteiger partial charge in [-0.05, 0) is 42.3 Å². The Bertz CT molecular complexity index is 1070. The average molecular weight is 447 g/mol. The lowest BCUT2D eigenvalue weighted by Gasteiger charge is -2.18. The molecular weight excluding hydrogens is 420 g/mol. The van der Waals surface area contributed by atoms with Gasteiger partial charge in [0.1, 0.15) is 18.4 Å². The Morgan fingerprint density at radius 2 is 1.42 bits per heavy atom. The Morgan fingerprint density at radius 1 is 0.848 bits per heavy atom. The molecule has 3 aromatic rings. The Balaban J connectivity index is 1.70. The van der Waals surface area contributed by atoms with Gasteiger partial charge in [-0.3, -0.25) is 4.79 Å². The molecule has 0 fully saturated rings. The summed E-state index contributed by atoms with van der Waals surface area (Å²) in [4.78, 5) is 37.3. The maximum atomic E-state index is 13.2. The molecule has 3 N–H and O–H groups in total. The first-order valence-electron chi connectivity index (χ1n) is 10.5. The van der Waals surface area contributed by atoms with Gasteiger partial charge in [0.15, 0.2) is 5.78 Å². The highest BCUT2D eigenvalue weighted by Crippen LogP contribution is 2.16. The van der Waals surface area contributed by atoms with Gasteiger partial charge in [0.2, 0.25) is 0 Å². The van der Waals surface area contributed by atoms with E-state index in [0.29, 0.717) is 12.0 Å². The number of nitrogens with two attached hydrogens (primary N) is 1. The van der Waals surface area contributed by atoms with Crippen molar-refractivity contribution in [1.82, 2.24) is 5.32 Å². The zero-order chi connectivity index (χ0) is 23.6. The molecule has 3 aromatic carbocycles. The van der Waals surface area contributed by atoms with E-state index in [9.17, 15) is 14.4 Å². The normalized spacial score (nSPS) is 12.3. The second-order valence-electron chi connectivity index (χ2n) is 7.55. The highest BCUT2D eigenvalue weighted by atomic mass is 16.5. The Labute approximate surface area is 192 Å². The highest BCUT2D eigenvalue weighted by molar-refractivity contribution is 6.01. The van der Waals surface area contributed by atoms with Gasteiger partial charge >= 0.3 is 12.1 Å². The van der Waals surface area contributed by atoms with Crippen LogP contribution in [0, 0.1) is 0 Å². The number of ether oxygens (including phenoxy) is 2. The lowest BCUT2D eigenvalue weighted by molar-refractivity contribution is -0.135. The number of carbonyl (C=O) groups excluding carboxylic acids is 3. The second kappa shape index (κ2) is 11.6. The van der Waals surface area contributed by atoms with Crippen molar-refractivity contribution >= 4 is 17.8 Å². The molecule has 0 bridgehead atoms. The Morgan fingerprint density at radius 3 is 2.00 bits per heavy atom. The monoisotopic (exact) mass is 446 g/mol. The lowest BCUT2D eigenvalue weighted by atomic mass is 9.97. The van der Waals surface area contributed by atoms with Crippen LogP contribution in [0.5, 0.6) is 5.75 Å². The molecule has 0 heterocycles. The van der Waals surface area contributed by atoms with Crippen LogP contribution in [-0.4, -0.2) is 29.9 Å². The largest absolute Gasteiger partial charge is 0.445 e. The average Bonchev–Trinajstić information content (AvgIpc) is 2.83. The van der Waals surface area contributed by atoms with Crippen LogP contribution in [0.2, 0.25) is 0 Å². The van der Waals surface area contributed by atoms with Crippen molar-refractivity contribution in [3.05, 3.63) is 102 Å². The number of alkyl carbamates (subject to hydrolysis) is 1. The number of hydrogen-bond donors (Lipinski definition) is 2. The minimum atomic E-state index is -0.840. The van der Waals surface area contributed by atoms with Crippen LogP contribution in [0.3, 0.4) is 0 Å². The zero-order valence-electron chi connectivity index (χ0n) is 18.3. The van der Waals surface area contributed by atoms with Crippen LogP contribution >= 0.6 is 0 Å². The standard InChI is InChI=1S/C26H26N2O5/c1-18(27)25(30)33-22-14-12-21(13-15-22)24(29)23(16-19-8-4-2-5-9-19)28-26(31)32-17-20-10-6-3-7-11-20/h2-15,18,23H,16-17,27H2,1H3,(H,28,31)/t18-,23+/m0/s1. The van der Waals surface area contributed by atoms with E-state index in [4.69, 9.17) is 15.2 Å². The molecule has 0 aliphatic heterocycles. The summed E-state index contributed by atoms with van der Waals surface area (Å²) in [5.74, 6) is -0.580. The summed E-state index contributed by atoms with van der Waals surface area (Å²) in [6, 6.07) is 23.2. The van der Waals surface area contributed by atoms with Gasteiger partial charge in [-0.2, -0.15) is 0 Å². The van der Waals surface area contributed by atoms with Gasteiger partial charge in [0.25, 0.3) is 0 Å². The fraction of sp³-hybridized carbons (Fsp3) is 0.192. The summed E-state index contributed by atoms with van der Waals surface area (Å²) >= 11 is 0. The maximum Gasteiger partial charge on any atom is 0.408 e. The minimum absolute atomic E-state index is 0.0958. The van der Waals surface area contributed by atoms with Crippen molar-refractivity contribution in [3.8, 4) is 5.75 Å². The molecule has 2 atom stereocenters. The highest BCUT2D eigenvalue weighted by Gasteiger charge is 2.23. The van der Waals surface area contributed by atoms with E-state index < -0.39 is 24.1 Å². The van der Waals surface area contributed by atoms with E-state index in [2.05, 4.69) is 5.32 Å². The first-order chi connectivity index (χ1) is 15.9. The van der Waals surface area contributed by atoms with Crippen LogP contribution < -0.4 is 15.8 Å². The van der Waals surface area contributed by atoms with E-state index in [1.54, 1.807) is 12.1 Å². The first kappa shape index (κ1) is 23.7. The number of Topliss-reactive ketones (excluding diaryl/α,β-unsaturated/α-hetero) is 1. The molecule has 0 aliphatic rings. The van der Waals surface area contributed by atoms with Gasteiger partial charge in [0.05, 0.1) is 6.04 Å². The molecule has 7 heteroatoms. The third-order valence-electron chi connectivity index (χ3n) is 4.83. The molecule has 1 amide bonds. The van der Waals surface area contributed by atoms with Gasteiger partial charge in [-0.25, -0.2) is 9.59 Å². The van der Waals surface area contributed by atoms with E-state index in [-0.39, 0.29) is 18.1 Å². The van der Waals surface area contributed by atoms with Crippen molar-refractivity contribution in [2.45, 2.75) is 32.0 Å². The maximum absolute atomic E-state index is 13.2. The molecule has 7 nitrogen and oxygen atoms in total. The van der Waals surface area contributed by atoms with E-state index in [0.717, 1.165) is 11.1 Å². The number of amides is 1. The van der Waals surface area contributed by atoms with E-state index in [1.807, 2.05) is 60.7 Å². The van der Waals surface area contributed by atoms with Crippen LogP contribution in [0.1, 0.15) is 28.4 Å². The lowest BCUT2D eigenvalue weighted by Crippen LogP contribution is -2.42. The second-order valence-corrected chi connectivity index (χ2v) is 7.55. The number of ketones is 1. The van der Waals surface area contributed by atoms with Gasteiger partial charge in [-0.1, -0.05) is 60.7 Å². The predicted octanol–water partition coefficient (Wildman–Crippen LogP) is 3.66. The molecule has 170 valence electrons. The van der Waals surface area contributed by atoms with Gasteiger partial charge in [0, 0.05) is 12.0 Å². The number of benzene rings is 3. The number of nitrogens with one attached hydrogen (secondary N) is 1. The van der Waals surface area contributed by atoms with Crippen molar-refractivity contribution in [3.63, 3.8) is 0 Å². The summed E-state index contributed by atoms with van der Waals surface area (Å²) in [6.45, 7) is 1.62. The molecule has 0 aliphatic carbocycles. The predicted molar refractivity (Wildman–Crippen MR) is 124 cm³/mol. The van der Waals surface area contributed by atoms with Crippen LogP contribution in [0.15, 0.2) is 84.9 Å². The quantitative estimate of drug-likeness (QED) is 0.295. The molecule has 0 saturated heterocycles. The fourth-order valence-corrected chi connectivity index (χ4v) is 3.06. The van der Waals surface area contributed by atoms with Crippen molar-refractivity contribution < 1.29 is 23.9 Å². The molecular formula is C26H26N2O5. The number of esters is 1. The molecule has 0 unspecified atom stereocenters. The summed E-state index contributed by atoms with van der Waals surface area (Å²) in [5.41, 5.74) is 7.60. The molecule has 0 aromatic heterocycles. The van der Waals surface area contributed by atoms with Crippen LogP contribution in [0.25, 0.3) is 0 Å². The van der Waals surface area contributed by atoms with Crippen molar-refractivity contribution in [2.75, 3.05) is 0 Å². The molecule has 0 radical (unpaired) electrons. The van der Waals surface area contributed by atoms with Gasteiger partial charge in [-0.15, -0.1) is 0 Å². The summed E-state index contributed by atoms with van der Waals surface area (Å²) < 4.78 is 10.4. The number of rotatable bonds is 9. The smallest absolute Gasteiger partial charge is 0.408 e. The molecule has 0 saturated carbocycles. The van der Waals surface area contributed by atoms with E-state index >= 15 is 0 Å². The number of hydrogen-bond acceptors (Lipinski definition) is 6. The minimum Gasteiger partial charge on any atom is -0.445 e. The van der Waals surface area contributed by atoms with Crippen molar-refractivity contribution in [1.29, 1.82) is 0 Å². The van der Waals surface area contributed by atoms with Crippen LogP contribution in [-0.2, 0) is 22.6 Å². The zero-order valence-corrected chi connectivity index (χ0v) is 18.3. The van der Waals surface area contributed by atoms with Crippen molar-refractivity contribution in [2.24, 2.45) is 5.73 Å². The SMILES string of the molecule is C[C@H](N)C(=O)Oc1ccc(C(=O)[C@@H](Cc2ccccc2)NC(=O)OCc2ccccc2)cc1. The summed E-state index contributed by atoms with van der Waals surface area (Å²) in [7, 11) is 0. The third-order valence-corrected chi connectivity index (χ3v) is 4.83. The van der Waals surface area contributed by atoms with E-state index in [1.165, 1.54) is 19.1 Å². The molecule has 3 rings (SSSR count). The van der Waals surface area contributed by atoms with Crippen LogP contribution in [0.4, 0.5) is 4.79 Å². The Kier molecular flexibility index (Phi) is 8.32. The first-order valence-corrected chi connectivity index (χ1v) is 10.5. The summed E-state index contributed by atoms with van der Waals surface area (Å²) in [6.07, 6.45) is -0.391. The molecule has 33 heavy (non-hydrogen) atoms.